The largest absolute Gasteiger partial charge is 0.369 e. The molecule has 2 unspecified atom stereocenters. The maximum atomic E-state index is 14.3. The number of hydrogen-bond acceptors (Lipinski definition) is 5. The summed E-state index contributed by atoms with van der Waals surface area (Å²) in [6, 6.07) is 4.90. The van der Waals surface area contributed by atoms with Gasteiger partial charge in [0.25, 0.3) is 0 Å². The zero-order valence-electron chi connectivity index (χ0n) is 15.2. The number of anilines is 1. The number of aromatic nitrogens is 4. The van der Waals surface area contributed by atoms with Crippen LogP contribution in [-0.2, 0) is 0 Å². The fourth-order valence-corrected chi connectivity index (χ4v) is 3.99. The standard InChI is InChI=1S/C21H19F2N5/c22-17-8-13(9-18(19(17)23)28-6-1-2-7-28)15-10-16(15)14-11-26-21(27-12-14)20-24-4-3-5-25-20/h3-5,8-9,11-12,15-16H,1-2,6-7,10H2. The summed E-state index contributed by atoms with van der Waals surface area (Å²) in [5.41, 5.74) is 2.24. The number of halogens is 2. The van der Waals surface area contributed by atoms with E-state index in [0.29, 0.717) is 17.3 Å². The molecular weight excluding hydrogens is 360 g/mol. The SMILES string of the molecule is Fc1cc(C2CC2c2cnc(-c3ncccn3)nc2)cc(N2CCCC2)c1F. The average Bonchev–Trinajstić information content (AvgIpc) is 3.35. The quantitative estimate of drug-likeness (QED) is 0.684. The van der Waals surface area contributed by atoms with Crippen molar-refractivity contribution in [2.45, 2.75) is 31.1 Å². The molecule has 7 heteroatoms. The van der Waals surface area contributed by atoms with E-state index in [1.54, 1.807) is 30.9 Å². The average molecular weight is 379 g/mol. The molecule has 3 heterocycles. The third-order valence-corrected chi connectivity index (χ3v) is 5.56. The van der Waals surface area contributed by atoms with Gasteiger partial charge in [-0.1, -0.05) is 0 Å². The van der Waals surface area contributed by atoms with E-state index in [4.69, 9.17) is 0 Å². The zero-order chi connectivity index (χ0) is 19.1. The first-order valence-electron chi connectivity index (χ1n) is 9.54. The van der Waals surface area contributed by atoms with Crippen LogP contribution >= 0.6 is 0 Å². The highest BCUT2D eigenvalue weighted by Gasteiger charge is 2.41. The van der Waals surface area contributed by atoms with Crippen LogP contribution in [0.2, 0.25) is 0 Å². The second-order valence-corrected chi connectivity index (χ2v) is 7.39. The first-order chi connectivity index (χ1) is 13.7. The molecule has 0 N–H and O–H groups in total. The van der Waals surface area contributed by atoms with E-state index in [1.807, 2.05) is 11.0 Å². The molecule has 28 heavy (non-hydrogen) atoms. The molecule has 1 aromatic carbocycles. The zero-order valence-corrected chi connectivity index (χ0v) is 15.2. The van der Waals surface area contributed by atoms with Crippen molar-refractivity contribution in [1.29, 1.82) is 0 Å². The lowest BCUT2D eigenvalue weighted by Gasteiger charge is -2.19. The van der Waals surface area contributed by atoms with Gasteiger partial charge in [-0.2, -0.15) is 0 Å². The van der Waals surface area contributed by atoms with Crippen LogP contribution in [0, 0.1) is 11.6 Å². The highest BCUT2D eigenvalue weighted by molar-refractivity contribution is 5.53. The molecule has 5 rings (SSSR count). The molecule has 2 aromatic heterocycles. The minimum atomic E-state index is -0.766. The van der Waals surface area contributed by atoms with Gasteiger partial charge in [-0.3, -0.25) is 0 Å². The van der Waals surface area contributed by atoms with Gasteiger partial charge in [0.1, 0.15) is 0 Å². The predicted molar refractivity (Wildman–Crippen MR) is 101 cm³/mol. The van der Waals surface area contributed by atoms with E-state index in [1.165, 1.54) is 6.07 Å². The first-order valence-corrected chi connectivity index (χ1v) is 9.54. The maximum absolute atomic E-state index is 14.3. The lowest BCUT2D eigenvalue weighted by Crippen LogP contribution is -2.19. The summed E-state index contributed by atoms with van der Waals surface area (Å²) in [5, 5.41) is 0. The maximum Gasteiger partial charge on any atom is 0.197 e. The fourth-order valence-electron chi connectivity index (χ4n) is 3.99. The van der Waals surface area contributed by atoms with E-state index in [9.17, 15) is 8.78 Å². The Morgan fingerprint density at radius 2 is 1.46 bits per heavy atom. The normalized spacial score (nSPS) is 21.1. The molecule has 1 aliphatic carbocycles. The van der Waals surface area contributed by atoms with Gasteiger partial charge in [0.05, 0.1) is 5.69 Å². The minimum Gasteiger partial charge on any atom is -0.369 e. The summed E-state index contributed by atoms with van der Waals surface area (Å²) < 4.78 is 28.5. The third kappa shape index (κ3) is 3.10. The first kappa shape index (κ1) is 17.2. The lowest BCUT2D eigenvalue weighted by molar-refractivity contribution is 0.506. The Hall–Kier alpha value is -2.96. The monoisotopic (exact) mass is 379 g/mol. The third-order valence-electron chi connectivity index (χ3n) is 5.56. The lowest BCUT2D eigenvalue weighted by atomic mass is 10.0. The van der Waals surface area contributed by atoms with Crippen molar-refractivity contribution in [2.75, 3.05) is 18.0 Å². The van der Waals surface area contributed by atoms with Gasteiger partial charge in [0, 0.05) is 37.9 Å². The van der Waals surface area contributed by atoms with Gasteiger partial charge < -0.3 is 4.90 Å². The number of benzene rings is 1. The van der Waals surface area contributed by atoms with Gasteiger partial charge in [0.2, 0.25) is 0 Å². The van der Waals surface area contributed by atoms with Crippen molar-refractivity contribution in [3.63, 3.8) is 0 Å². The summed E-state index contributed by atoms with van der Waals surface area (Å²) in [7, 11) is 0. The fraction of sp³-hybridized carbons (Fsp3) is 0.333. The second-order valence-electron chi connectivity index (χ2n) is 7.39. The van der Waals surface area contributed by atoms with Crippen LogP contribution in [-0.4, -0.2) is 33.0 Å². The molecule has 5 nitrogen and oxygen atoms in total. The van der Waals surface area contributed by atoms with Gasteiger partial charge in [-0.25, -0.2) is 28.7 Å². The smallest absolute Gasteiger partial charge is 0.197 e. The Kier molecular flexibility index (Phi) is 4.22. The molecule has 0 spiro atoms. The molecule has 3 aromatic rings. The summed E-state index contributed by atoms with van der Waals surface area (Å²) in [4.78, 5) is 19.0. The topological polar surface area (TPSA) is 54.8 Å². The van der Waals surface area contributed by atoms with E-state index < -0.39 is 11.6 Å². The number of rotatable bonds is 4. The Bertz CT molecular complexity index is 988. The molecule has 1 aliphatic heterocycles. The van der Waals surface area contributed by atoms with Gasteiger partial charge >= 0.3 is 0 Å². The van der Waals surface area contributed by atoms with E-state index >= 15 is 0 Å². The number of hydrogen-bond donors (Lipinski definition) is 0. The predicted octanol–water partition coefficient (Wildman–Crippen LogP) is 4.08. The Balaban J connectivity index is 1.37. The molecule has 0 bridgehead atoms. The molecule has 1 saturated heterocycles. The van der Waals surface area contributed by atoms with Gasteiger partial charge in [-0.15, -0.1) is 0 Å². The van der Waals surface area contributed by atoms with Crippen molar-refractivity contribution >= 4 is 5.69 Å². The van der Waals surface area contributed by atoms with Crippen molar-refractivity contribution in [3.8, 4) is 11.6 Å². The summed E-state index contributed by atoms with van der Waals surface area (Å²) in [5.74, 6) is -0.153. The van der Waals surface area contributed by atoms with Crippen LogP contribution in [0.1, 0.15) is 42.2 Å². The Morgan fingerprint density at radius 3 is 2.18 bits per heavy atom. The number of nitrogens with zero attached hydrogens (tertiary/aromatic N) is 5. The van der Waals surface area contributed by atoms with Crippen LogP contribution < -0.4 is 4.90 Å². The molecule has 0 radical (unpaired) electrons. The Morgan fingerprint density at radius 1 is 0.821 bits per heavy atom. The highest BCUT2D eigenvalue weighted by atomic mass is 19.2. The van der Waals surface area contributed by atoms with Crippen LogP contribution in [0.3, 0.4) is 0 Å². The molecular formula is C21H19F2N5. The molecule has 0 amide bonds. The summed E-state index contributed by atoms with van der Waals surface area (Å²) in [6.07, 6.45) is 9.79. The van der Waals surface area contributed by atoms with Crippen molar-refractivity contribution in [3.05, 3.63) is 65.7 Å². The van der Waals surface area contributed by atoms with Crippen molar-refractivity contribution in [2.24, 2.45) is 0 Å². The van der Waals surface area contributed by atoms with E-state index in [-0.39, 0.29) is 11.8 Å². The molecule has 2 fully saturated rings. The molecule has 1 saturated carbocycles. The van der Waals surface area contributed by atoms with Crippen LogP contribution in [0.5, 0.6) is 0 Å². The molecule has 2 aliphatic rings. The van der Waals surface area contributed by atoms with Crippen molar-refractivity contribution < 1.29 is 8.78 Å². The molecule has 142 valence electrons. The van der Waals surface area contributed by atoms with Crippen LogP contribution in [0.15, 0.2) is 43.0 Å². The minimum absolute atomic E-state index is 0.166. The Labute approximate surface area is 161 Å². The summed E-state index contributed by atoms with van der Waals surface area (Å²) in [6.45, 7) is 1.57. The summed E-state index contributed by atoms with van der Waals surface area (Å²) >= 11 is 0. The van der Waals surface area contributed by atoms with Crippen LogP contribution in [0.25, 0.3) is 11.6 Å². The van der Waals surface area contributed by atoms with Crippen LogP contribution in [0.4, 0.5) is 14.5 Å². The second kappa shape index (κ2) is 6.89. The van der Waals surface area contributed by atoms with E-state index in [0.717, 1.165) is 43.5 Å². The van der Waals surface area contributed by atoms with Gasteiger partial charge in [0.15, 0.2) is 23.3 Å². The highest BCUT2D eigenvalue weighted by Crippen LogP contribution is 2.55. The molecule has 2 atom stereocenters. The van der Waals surface area contributed by atoms with E-state index in [2.05, 4.69) is 19.9 Å². The van der Waals surface area contributed by atoms with Gasteiger partial charge in [-0.05, 0) is 60.4 Å². The van der Waals surface area contributed by atoms with Crippen molar-refractivity contribution in [1.82, 2.24) is 19.9 Å².